The Morgan fingerprint density at radius 2 is 1.25 bits per heavy atom. The monoisotopic (exact) mass is 1400 g/mol. The molecule has 5 aromatic heterocycles. The lowest BCUT2D eigenvalue weighted by atomic mass is 9.85. The van der Waals surface area contributed by atoms with E-state index in [1.54, 1.807) is 44.5 Å². The SMILES string of the molecule is COc1cc2nn(C3CCC(CN4CCN(c5cccc6c5c(C)cn6C5CCC(=O)NC5=O)CC4)CC3)cc2cc1C(=O)Nc1cnc2cccnn12.Cc1cn(C(=O)OC(C)(C)C)c2cccc(N3CCN(C(=O)OCc4ccccc4)CC3)c12.O=C(OCc1ccccc1)N1CCNCC1. The maximum absolute atomic E-state index is 13.4. The van der Waals surface area contributed by atoms with Crippen LogP contribution in [0.4, 0.5) is 31.6 Å². The molecule has 5 fully saturated rings. The number of rotatable bonds is 13. The highest BCUT2D eigenvalue weighted by Gasteiger charge is 2.33. The van der Waals surface area contributed by atoms with Crippen LogP contribution >= 0.6 is 0 Å². The van der Waals surface area contributed by atoms with Gasteiger partial charge in [0.05, 0.1) is 41.5 Å². The molecule has 4 aliphatic heterocycles. The summed E-state index contributed by atoms with van der Waals surface area (Å²) in [7, 11) is 1.57. The normalized spacial score (nSPS) is 18.2. The summed E-state index contributed by atoms with van der Waals surface area (Å²) < 4.78 is 29.2. The fraction of sp³-hybridized carbons (Fsp3) is 0.397. The summed E-state index contributed by atoms with van der Waals surface area (Å²) in [5.74, 6) is 0.889. The molecule has 538 valence electrons. The molecule has 5 aromatic carbocycles. The topological polar surface area (TPSA) is 249 Å². The third-order valence-corrected chi connectivity index (χ3v) is 19.9. The first-order valence-electron chi connectivity index (χ1n) is 35.7. The number of imidazole rings is 1. The van der Waals surface area contributed by atoms with Crippen molar-refractivity contribution in [2.45, 2.75) is 104 Å². The van der Waals surface area contributed by atoms with E-state index in [0.29, 0.717) is 80.4 Å². The van der Waals surface area contributed by atoms with Crippen LogP contribution in [0.5, 0.6) is 5.75 Å². The largest absolute Gasteiger partial charge is 0.496 e. The summed E-state index contributed by atoms with van der Waals surface area (Å²) in [4.78, 5) is 89.9. The molecule has 3 N–H and O–H groups in total. The molecule has 9 heterocycles. The van der Waals surface area contributed by atoms with Crippen molar-refractivity contribution in [2.24, 2.45) is 5.92 Å². The van der Waals surface area contributed by atoms with Crippen molar-refractivity contribution in [1.29, 1.82) is 0 Å². The van der Waals surface area contributed by atoms with E-state index in [4.69, 9.17) is 24.0 Å². The summed E-state index contributed by atoms with van der Waals surface area (Å²) in [5, 5.41) is 21.0. The Labute approximate surface area is 598 Å². The number of carbonyl (C=O) groups excluding carboxylic acids is 6. The van der Waals surface area contributed by atoms with Gasteiger partial charge in [-0.1, -0.05) is 72.8 Å². The van der Waals surface area contributed by atoms with Gasteiger partial charge < -0.3 is 53.7 Å². The number of piperazine rings is 3. The number of hydrogen-bond acceptors (Lipinski definition) is 17. The molecule has 1 unspecified atom stereocenters. The van der Waals surface area contributed by atoms with E-state index in [9.17, 15) is 28.8 Å². The van der Waals surface area contributed by atoms with Crippen molar-refractivity contribution < 1.29 is 47.7 Å². The van der Waals surface area contributed by atoms with Crippen LogP contribution in [0.3, 0.4) is 0 Å². The Morgan fingerprint density at radius 3 is 1.88 bits per heavy atom. The highest BCUT2D eigenvalue weighted by atomic mass is 16.6. The Balaban J connectivity index is 0.000000162. The van der Waals surface area contributed by atoms with E-state index in [1.807, 2.05) is 125 Å². The summed E-state index contributed by atoms with van der Waals surface area (Å²) in [6.45, 7) is 21.1. The maximum Gasteiger partial charge on any atom is 0.419 e. The number of carbonyl (C=O) groups is 6. The van der Waals surface area contributed by atoms with E-state index < -0.39 is 5.60 Å². The van der Waals surface area contributed by atoms with Crippen LogP contribution in [0.1, 0.15) is 104 Å². The van der Waals surface area contributed by atoms with Gasteiger partial charge in [-0.25, -0.2) is 19.4 Å². The molecule has 10 aromatic rings. The van der Waals surface area contributed by atoms with Crippen molar-refractivity contribution in [3.8, 4) is 5.75 Å². The van der Waals surface area contributed by atoms with Crippen molar-refractivity contribution >= 4 is 91.5 Å². The predicted molar refractivity (Wildman–Crippen MR) is 395 cm³/mol. The first kappa shape index (κ1) is 70.6. The van der Waals surface area contributed by atoms with Gasteiger partial charge in [-0.05, 0) is 137 Å². The summed E-state index contributed by atoms with van der Waals surface area (Å²) >= 11 is 0. The summed E-state index contributed by atoms with van der Waals surface area (Å²) in [6, 6.07) is 39.0. The van der Waals surface area contributed by atoms with Crippen LogP contribution in [0, 0.1) is 19.8 Å². The van der Waals surface area contributed by atoms with Crippen molar-refractivity contribution in [2.75, 3.05) is 107 Å². The average molecular weight is 1400 g/mol. The standard InChI is InChI=1S/C40H44N10O4.C26H31N3O4.C12H16N2O2/c1-25-22-48(33-12-13-37(51)44-40(33)53)32-6-3-5-31(38(25)32)47-17-15-46(16-18-47)23-26-8-10-28(11-9-26)49-24-27-19-29(34(54-2)20-30(27)45-49)39(52)43-36-21-41-35-7-4-14-42-50(35)36;1-19-17-29(25(31)33-26(2,3)4)22-12-8-11-21(23(19)22)27-13-15-28(16-14-27)24(30)32-18-20-9-6-5-7-10-20;15-12(14-8-6-13-7-9-14)16-10-11-4-2-1-3-5-11/h3-7,14,19-22,24,26,28,33H,8-13,15-18,23H2,1-2H3,(H,43,52)(H,44,51,53);5-12,17H,13-16,18H2,1-4H3;1-5,13H,6-10H2. The van der Waals surface area contributed by atoms with Crippen molar-refractivity contribution in [1.82, 2.24) is 58.8 Å². The minimum Gasteiger partial charge on any atom is -0.496 e. The van der Waals surface area contributed by atoms with Crippen LogP contribution in [0.2, 0.25) is 0 Å². The Morgan fingerprint density at radius 1 is 0.641 bits per heavy atom. The van der Waals surface area contributed by atoms with Crippen molar-refractivity contribution in [3.05, 3.63) is 180 Å². The van der Waals surface area contributed by atoms with Gasteiger partial charge >= 0.3 is 18.3 Å². The van der Waals surface area contributed by atoms with E-state index >= 15 is 0 Å². The summed E-state index contributed by atoms with van der Waals surface area (Å²) in [6.07, 6.45) is 13.6. The Bertz CT molecular complexity index is 4660. The number of nitrogens with zero attached hydrogens (tertiary/aromatic N) is 12. The molecule has 103 heavy (non-hydrogen) atoms. The highest BCUT2D eigenvalue weighted by Crippen LogP contribution is 2.38. The first-order chi connectivity index (χ1) is 49.9. The minimum atomic E-state index is -0.565. The maximum atomic E-state index is 13.4. The van der Waals surface area contributed by atoms with Gasteiger partial charge in [0.1, 0.15) is 30.6 Å². The first-order valence-corrected chi connectivity index (χ1v) is 35.7. The lowest BCUT2D eigenvalue weighted by molar-refractivity contribution is -0.135. The molecule has 1 aliphatic carbocycles. The quantitative estimate of drug-likeness (QED) is 0.0717. The highest BCUT2D eigenvalue weighted by molar-refractivity contribution is 6.08. The molecule has 0 bridgehead atoms. The van der Waals surface area contributed by atoms with Crippen molar-refractivity contribution in [3.63, 3.8) is 0 Å². The van der Waals surface area contributed by atoms with E-state index in [1.165, 1.54) is 11.1 Å². The van der Waals surface area contributed by atoms with Crippen LogP contribution in [0.15, 0.2) is 152 Å². The van der Waals surface area contributed by atoms with Gasteiger partial charge in [0.15, 0.2) is 11.5 Å². The average Bonchev–Trinajstić information content (AvgIpc) is 1.64. The third kappa shape index (κ3) is 16.6. The van der Waals surface area contributed by atoms with Gasteiger partial charge in [-0.2, -0.15) is 14.7 Å². The van der Waals surface area contributed by atoms with E-state index in [0.717, 1.165) is 140 Å². The number of aromatic nitrogens is 7. The number of piperidine rings is 1. The molecule has 4 saturated heterocycles. The lowest BCUT2D eigenvalue weighted by Crippen LogP contribution is -2.49. The molecule has 0 radical (unpaired) electrons. The molecule has 25 nitrogen and oxygen atoms in total. The fourth-order valence-corrected chi connectivity index (χ4v) is 14.6. The molecule has 5 amide bonds. The van der Waals surface area contributed by atoms with E-state index in [2.05, 4.69) is 93.6 Å². The Kier molecular flexibility index (Phi) is 21.7. The molecule has 0 spiro atoms. The van der Waals surface area contributed by atoms with Gasteiger partial charge in [0.2, 0.25) is 11.8 Å². The second-order valence-corrected chi connectivity index (χ2v) is 28.1. The van der Waals surface area contributed by atoms with Gasteiger partial charge in [0, 0.05) is 150 Å². The van der Waals surface area contributed by atoms with Crippen LogP contribution in [-0.4, -0.2) is 182 Å². The third-order valence-electron chi connectivity index (χ3n) is 19.9. The second kappa shape index (κ2) is 31.6. The zero-order valence-electron chi connectivity index (χ0n) is 59.5. The van der Waals surface area contributed by atoms with Crippen LogP contribution in [0.25, 0.3) is 38.4 Å². The molecular formula is C78H91N15O10. The molecular weight excluding hydrogens is 1310 g/mol. The molecule has 5 aliphatic rings. The molecule has 25 heteroatoms. The van der Waals surface area contributed by atoms with Crippen LogP contribution < -0.4 is 30.5 Å². The van der Waals surface area contributed by atoms with E-state index in [-0.39, 0.29) is 48.6 Å². The van der Waals surface area contributed by atoms with Gasteiger partial charge in [-0.15, -0.1) is 0 Å². The molecule has 15 rings (SSSR count). The van der Waals surface area contributed by atoms with Gasteiger partial charge in [-0.3, -0.25) is 33.8 Å². The number of nitrogens with one attached hydrogen (secondary N) is 3. The Hall–Kier alpha value is -10.8. The van der Waals surface area contributed by atoms with Gasteiger partial charge in [0.25, 0.3) is 5.91 Å². The number of methoxy groups -OCH3 is 1. The number of anilines is 3. The number of ether oxygens (including phenoxy) is 4. The number of aryl methyl sites for hydroxylation is 2. The smallest absolute Gasteiger partial charge is 0.419 e. The predicted octanol–water partition coefficient (Wildman–Crippen LogP) is 11.6. The minimum absolute atomic E-state index is 0.193. The summed E-state index contributed by atoms with van der Waals surface area (Å²) in [5.41, 5.74) is 9.62. The number of amides is 5. The lowest BCUT2D eigenvalue weighted by Gasteiger charge is -2.39. The number of benzene rings is 5. The number of imide groups is 1. The zero-order chi connectivity index (χ0) is 71.7. The fourth-order valence-electron chi connectivity index (χ4n) is 14.6. The number of hydrogen-bond donors (Lipinski definition) is 3. The zero-order valence-corrected chi connectivity index (χ0v) is 59.5. The second-order valence-electron chi connectivity index (χ2n) is 28.1. The molecule has 1 atom stereocenters. The molecule has 1 saturated carbocycles. The van der Waals surface area contributed by atoms with Crippen LogP contribution in [-0.2, 0) is 37.0 Å². The number of fused-ring (bicyclic) bond motifs is 4.